The lowest BCUT2D eigenvalue weighted by Crippen LogP contribution is -1.92. The van der Waals surface area contributed by atoms with Gasteiger partial charge in [-0.25, -0.2) is 4.98 Å². The number of thiazole rings is 1. The maximum absolute atomic E-state index is 10.0. The third kappa shape index (κ3) is 2.93. The fourth-order valence-electron chi connectivity index (χ4n) is 2.57. The van der Waals surface area contributed by atoms with E-state index in [0.717, 1.165) is 28.3 Å². The van der Waals surface area contributed by atoms with E-state index < -0.39 is 0 Å². The summed E-state index contributed by atoms with van der Waals surface area (Å²) in [5.41, 5.74) is 3.76. The molecule has 2 nitrogen and oxygen atoms in total. The van der Waals surface area contributed by atoms with Gasteiger partial charge in [0, 0.05) is 5.56 Å². The van der Waals surface area contributed by atoms with Crippen LogP contribution in [0.2, 0.25) is 0 Å². The molecule has 0 amide bonds. The van der Waals surface area contributed by atoms with Crippen molar-refractivity contribution in [2.24, 2.45) is 0 Å². The first-order valence-corrected chi connectivity index (χ1v) is 8.00. The third-order valence-electron chi connectivity index (χ3n) is 3.76. The van der Waals surface area contributed by atoms with Gasteiger partial charge in [-0.2, -0.15) is 0 Å². The van der Waals surface area contributed by atoms with Crippen LogP contribution in [0.3, 0.4) is 0 Å². The summed E-state index contributed by atoms with van der Waals surface area (Å²) in [4.78, 5) is 5.21. The summed E-state index contributed by atoms with van der Waals surface area (Å²) in [6, 6.07) is 8.27. The quantitative estimate of drug-likeness (QED) is 0.825. The summed E-state index contributed by atoms with van der Waals surface area (Å²) in [7, 11) is 0. The van der Waals surface area contributed by atoms with E-state index in [9.17, 15) is 5.11 Å². The molecule has 2 aromatic rings. The zero-order chi connectivity index (χ0) is 13.9. The van der Waals surface area contributed by atoms with E-state index in [1.165, 1.54) is 30.4 Å². The van der Waals surface area contributed by atoms with E-state index in [1.807, 2.05) is 0 Å². The van der Waals surface area contributed by atoms with Gasteiger partial charge >= 0.3 is 0 Å². The van der Waals surface area contributed by atoms with E-state index >= 15 is 0 Å². The largest absolute Gasteiger partial charge is 0.492 e. The highest BCUT2D eigenvalue weighted by atomic mass is 32.1. The lowest BCUT2D eigenvalue weighted by Gasteiger charge is -2.12. The zero-order valence-corrected chi connectivity index (χ0v) is 12.5. The molecular weight excluding hydrogens is 266 g/mol. The zero-order valence-electron chi connectivity index (χ0n) is 11.7. The van der Waals surface area contributed by atoms with Crippen molar-refractivity contribution >= 4 is 17.4 Å². The minimum absolute atomic E-state index is 0.170. The van der Waals surface area contributed by atoms with Gasteiger partial charge in [0.15, 0.2) is 0 Å². The molecule has 104 valence electrons. The highest BCUT2D eigenvalue weighted by Crippen LogP contribution is 2.35. The molecule has 0 radical (unpaired) electrons. The molecule has 3 heteroatoms. The summed E-state index contributed by atoms with van der Waals surface area (Å²) in [6.07, 6.45) is 8.35. The van der Waals surface area contributed by atoms with Crippen molar-refractivity contribution in [3.63, 3.8) is 0 Å². The van der Waals surface area contributed by atoms with Gasteiger partial charge in [-0.05, 0) is 38.7 Å². The van der Waals surface area contributed by atoms with Crippen molar-refractivity contribution in [1.82, 2.24) is 4.98 Å². The smallest absolute Gasteiger partial charge is 0.230 e. The maximum atomic E-state index is 10.0. The molecule has 1 heterocycles. The molecule has 1 saturated carbocycles. The van der Waals surface area contributed by atoms with Crippen LogP contribution in [-0.2, 0) is 0 Å². The molecule has 1 N–H and O–H groups in total. The molecule has 0 aliphatic heterocycles. The van der Waals surface area contributed by atoms with Crippen LogP contribution in [0, 0.1) is 6.92 Å². The van der Waals surface area contributed by atoms with Gasteiger partial charge in [0.05, 0.1) is 4.88 Å². The van der Waals surface area contributed by atoms with Crippen molar-refractivity contribution in [2.75, 3.05) is 0 Å². The van der Waals surface area contributed by atoms with E-state index in [1.54, 1.807) is 11.3 Å². The number of nitrogens with zero attached hydrogens (tertiary/aromatic N) is 1. The average Bonchev–Trinajstić information content (AvgIpc) is 2.82. The summed E-state index contributed by atoms with van der Waals surface area (Å²) in [5.74, 6) is 0.170. The number of rotatable bonds is 2. The topological polar surface area (TPSA) is 33.1 Å². The monoisotopic (exact) mass is 285 g/mol. The fraction of sp³-hybridized carbons (Fsp3) is 0.353. The molecule has 1 aromatic carbocycles. The Morgan fingerprint density at radius 1 is 1.10 bits per heavy atom. The van der Waals surface area contributed by atoms with E-state index in [-0.39, 0.29) is 5.88 Å². The first-order chi connectivity index (χ1) is 9.72. The van der Waals surface area contributed by atoms with Gasteiger partial charge in [0.1, 0.15) is 5.01 Å². The molecule has 1 aliphatic carbocycles. The van der Waals surface area contributed by atoms with Crippen molar-refractivity contribution in [1.29, 1.82) is 0 Å². The number of aryl methyl sites for hydroxylation is 1. The second-order valence-electron chi connectivity index (χ2n) is 5.44. The number of hydrogen-bond acceptors (Lipinski definition) is 3. The number of allylic oxidation sites excluding steroid dienone is 1. The average molecular weight is 285 g/mol. The Bertz CT molecular complexity index is 617. The Hall–Kier alpha value is -1.61. The number of hydrogen-bond donors (Lipinski definition) is 1. The minimum Gasteiger partial charge on any atom is -0.492 e. The first-order valence-electron chi connectivity index (χ1n) is 7.18. The van der Waals surface area contributed by atoms with Crippen LogP contribution in [0.4, 0.5) is 0 Å². The SMILES string of the molecule is Cc1ccc(-c2nc(O)c(C=C3CCCCC3)s2)cc1. The Balaban J connectivity index is 1.88. The Morgan fingerprint density at radius 2 is 1.80 bits per heavy atom. The number of aromatic hydroxyl groups is 1. The van der Waals surface area contributed by atoms with E-state index in [4.69, 9.17) is 0 Å². The molecule has 0 spiro atoms. The van der Waals surface area contributed by atoms with Crippen LogP contribution < -0.4 is 0 Å². The highest BCUT2D eigenvalue weighted by molar-refractivity contribution is 7.16. The predicted octanol–water partition coefficient (Wildman–Crippen LogP) is 5.17. The van der Waals surface area contributed by atoms with Gasteiger partial charge in [-0.3, -0.25) is 0 Å². The van der Waals surface area contributed by atoms with Crippen molar-refractivity contribution in [3.05, 3.63) is 40.3 Å². The molecule has 0 saturated heterocycles. The molecule has 1 fully saturated rings. The molecule has 3 rings (SSSR count). The molecule has 1 aromatic heterocycles. The standard InChI is InChI=1S/C17H19NOS/c1-12-7-9-14(10-8-12)17-18-16(19)15(20-17)11-13-5-3-2-4-6-13/h7-11,19H,2-6H2,1H3. The van der Waals surface area contributed by atoms with Crippen LogP contribution in [0.25, 0.3) is 16.6 Å². The second kappa shape index (κ2) is 5.80. The van der Waals surface area contributed by atoms with Crippen LogP contribution in [-0.4, -0.2) is 10.1 Å². The molecular formula is C17H19NOS. The molecule has 20 heavy (non-hydrogen) atoms. The van der Waals surface area contributed by atoms with Crippen molar-refractivity contribution in [3.8, 4) is 16.5 Å². The summed E-state index contributed by atoms with van der Waals surface area (Å²) in [5, 5.41) is 10.9. The second-order valence-corrected chi connectivity index (χ2v) is 6.47. The van der Waals surface area contributed by atoms with Gasteiger partial charge in [-0.1, -0.05) is 41.8 Å². The van der Waals surface area contributed by atoms with Crippen LogP contribution in [0.1, 0.15) is 42.5 Å². The number of aromatic nitrogens is 1. The minimum atomic E-state index is 0.170. The highest BCUT2D eigenvalue weighted by Gasteiger charge is 2.12. The summed E-state index contributed by atoms with van der Waals surface area (Å²) >= 11 is 1.57. The Labute approximate surface area is 123 Å². The van der Waals surface area contributed by atoms with Crippen LogP contribution in [0.5, 0.6) is 5.88 Å². The van der Waals surface area contributed by atoms with E-state index in [2.05, 4.69) is 42.2 Å². The van der Waals surface area contributed by atoms with Crippen LogP contribution in [0.15, 0.2) is 29.8 Å². The number of benzene rings is 1. The summed E-state index contributed by atoms with van der Waals surface area (Å²) < 4.78 is 0. The predicted molar refractivity (Wildman–Crippen MR) is 85.0 cm³/mol. The molecule has 0 atom stereocenters. The first kappa shape index (κ1) is 13.4. The molecule has 0 bridgehead atoms. The van der Waals surface area contributed by atoms with Gasteiger partial charge in [-0.15, -0.1) is 11.3 Å². The van der Waals surface area contributed by atoms with Crippen LogP contribution >= 0.6 is 11.3 Å². The Kier molecular flexibility index (Phi) is 3.88. The fourth-order valence-corrected chi connectivity index (χ4v) is 3.53. The van der Waals surface area contributed by atoms with E-state index in [0.29, 0.717) is 0 Å². The van der Waals surface area contributed by atoms with Gasteiger partial charge < -0.3 is 5.11 Å². The molecule has 1 aliphatic rings. The lowest BCUT2D eigenvalue weighted by atomic mass is 9.94. The molecule has 0 unspecified atom stereocenters. The van der Waals surface area contributed by atoms with Gasteiger partial charge in [0.2, 0.25) is 5.88 Å². The lowest BCUT2D eigenvalue weighted by molar-refractivity contribution is 0.456. The van der Waals surface area contributed by atoms with Gasteiger partial charge in [0.25, 0.3) is 0 Å². The van der Waals surface area contributed by atoms with Crippen molar-refractivity contribution < 1.29 is 5.11 Å². The Morgan fingerprint density at radius 3 is 2.50 bits per heavy atom. The summed E-state index contributed by atoms with van der Waals surface area (Å²) in [6.45, 7) is 2.07. The van der Waals surface area contributed by atoms with Crippen molar-refractivity contribution in [2.45, 2.75) is 39.0 Å². The maximum Gasteiger partial charge on any atom is 0.230 e. The normalized spacial score (nSPS) is 15.3. The third-order valence-corrected chi connectivity index (χ3v) is 4.80.